The van der Waals surface area contributed by atoms with Gasteiger partial charge in [-0.3, -0.25) is 9.78 Å². The van der Waals surface area contributed by atoms with Crippen molar-refractivity contribution in [3.05, 3.63) is 30.1 Å². The molecule has 0 aliphatic carbocycles. The van der Waals surface area contributed by atoms with E-state index in [2.05, 4.69) is 10.3 Å². The Kier molecular flexibility index (Phi) is 5.90. The molecule has 0 aromatic carbocycles. The van der Waals surface area contributed by atoms with Crippen LogP contribution in [0.25, 0.3) is 0 Å². The first kappa shape index (κ1) is 16.9. The van der Waals surface area contributed by atoms with Gasteiger partial charge >= 0.3 is 0 Å². The molecule has 0 atom stereocenters. The summed E-state index contributed by atoms with van der Waals surface area (Å²) in [6, 6.07) is 5.73. The molecule has 0 bridgehead atoms. The fourth-order valence-electron chi connectivity index (χ4n) is 2.55. The maximum absolute atomic E-state index is 11.9. The van der Waals surface area contributed by atoms with Gasteiger partial charge in [-0.2, -0.15) is 0 Å². The number of piperidine rings is 1. The predicted octanol–water partition coefficient (Wildman–Crippen LogP) is 0.944. The summed E-state index contributed by atoms with van der Waals surface area (Å²) in [5.41, 5.74) is 0.904. The van der Waals surface area contributed by atoms with Gasteiger partial charge in [0.05, 0.1) is 5.75 Å². The molecule has 6 nitrogen and oxygen atoms in total. The lowest BCUT2D eigenvalue weighted by Crippen LogP contribution is -2.46. The average Bonchev–Trinajstić information content (AvgIpc) is 2.54. The Hall–Kier alpha value is -1.47. The van der Waals surface area contributed by atoms with Crippen molar-refractivity contribution in [1.29, 1.82) is 0 Å². The van der Waals surface area contributed by atoms with Gasteiger partial charge in [-0.15, -0.1) is 0 Å². The third-order valence-corrected chi connectivity index (χ3v) is 5.79. The van der Waals surface area contributed by atoms with Gasteiger partial charge in [-0.05, 0) is 38.3 Å². The number of aryl methyl sites for hydroxylation is 1. The Balaban J connectivity index is 1.73. The molecule has 1 aliphatic rings. The minimum atomic E-state index is -3.11. The highest BCUT2D eigenvalue weighted by Gasteiger charge is 2.27. The van der Waals surface area contributed by atoms with E-state index in [1.165, 1.54) is 4.31 Å². The van der Waals surface area contributed by atoms with Crippen molar-refractivity contribution in [2.45, 2.75) is 38.6 Å². The third kappa shape index (κ3) is 4.78. The number of hydrogen-bond acceptors (Lipinski definition) is 4. The van der Waals surface area contributed by atoms with Crippen molar-refractivity contribution in [3.63, 3.8) is 0 Å². The quantitative estimate of drug-likeness (QED) is 0.844. The molecule has 22 heavy (non-hydrogen) atoms. The van der Waals surface area contributed by atoms with Crippen LogP contribution in [0, 0.1) is 0 Å². The van der Waals surface area contributed by atoms with E-state index in [0.29, 0.717) is 38.8 Å². The highest BCUT2D eigenvalue weighted by Crippen LogP contribution is 2.14. The van der Waals surface area contributed by atoms with Gasteiger partial charge in [0.15, 0.2) is 0 Å². The molecule has 0 spiro atoms. The van der Waals surface area contributed by atoms with Crippen LogP contribution in [0.4, 0.5) is 0 Å². The van der Waals surface area contributed by atoms with Crippen molar-refractivity contribution in [2.75, 3.05) is 18.8 Å². The number of pyridine rings is 1. The molecule has 1 fully saturated rings. The number of rotatable bonds is 6. The van der Waals surface area contributed by atoms with E-state index in [1.54, 1.807) is 13.1 Å². The zero-order valence-corrected chi connectivity index (χ0v) is 13.7. The van der Waals surface area contributed by atoms with Crippen LogP contribution in [0.5, 0.6) is 0 Å². The van der Waals surface area contributed by atoms with Crippen LogP contribution in [-0.4, -0.2) is 48.5 Å². The van der Waals surface area contributed by atoms with Crippen molar-refractivity contribution < 1.29 is 13.2 Å². The lowest BCUT2D eigenvalue weighted by atomic mass is 10.1. The molecule has 2 rings (SSSR count). The summed E-state index contributed by atoms with van der Waals surface area (Å²) in [7, 11) is -3.11. The predicted molar refractivity (Wildman–Crippen MR) is 84.8 cm³/mol. The van der Waals surface area contributed by atoms with Crippen molar-refractivity contribution in [2.24, 2.45) is 0 Å². The van der Waals surface area contributed by atoms with Crippen LogP contribution in [0.15, 0.2) is 24.4 Å². The smallest absolute Gasteiger partial charge is 0.220 e. The zero-order valence-electron chi connectivity index (χ0n) is 12.9. The van der Waals surface area contributed by atoms with Gasteiger partial charge in [-0.1, -0.05) is 6.07 Å². The number of carbonyl (C=O) groups excluding carboxylic acids is 1. The van der Waals surface area contributed by atoms with E-state index in [4.69, 9.17) is 0 Å². The maximum Gasteiger partial charge on any atom is 0.220 e. The van der Waals surface area contributed by atoms with Crippen molar-refractivity contribution in [1.82, 2.24) is 14.6 Å². The van der Waals surface area contributed by atoms with Gasteiger partial charge in [0.1, 0.15) is 0 Å². The molecule has 1 saturated heterocycles. The first-order chi connectivity index (χ1) is 10.5. The number of nitrogens with one attached hydrogen (secondary N) is 1. The molecule has 1 aliphatic heterocycles. The number of carbonyl (C=O) groups is 1. The largest absolute Gasteiger partial charge is 0.353 e. The molecule has 7 heteroatoms. The first-order valence-corrected chi connectivity index (χ1v) is 9.29. The second-order valence-electron chi connectivity index (χ2n) is 5.46. The Bertz CT molecular complexity index is 581. The van der Waals surface area contributed by atoms with Crippen LogP contribution < -0.4 is 5.32 Å². The summed E-state index contributed by atoms with van der Waals surface area (Å²) in [5, 5.41) is 2.99. The molecule has 0 unspecified atom stereocenters. The minimum absolute atomic E-state index is 0.00227. The third-order valence-electron chi connectivity index (χ3n) is 3.91. The summed E-state index contributed by atoms with van der Waals surface area (Å²) in [6.07, 6.45) is 4.10. The average molecular weight is 325 g/mol. The molecular weight excluding hydrogens is 302 g/mol. The fraction of sp³-hybridized carbons (Fsp3) is 0.600. The van der Waals surface area contributed by atoms with Crippen molar-refractivity contribution >= 4 is 15.9 Å². The number of aromatic nitrogens is 1. The zero-order chi connectivity index (χ0) is 16.0. The molecule has 1 aromatic heterocycles. The lowest BCUT2D eigenvalue weighted by Gasteiger charge is -2.31. The van der Waals surface area contributed by atoms with Crippen LogP contribution >= 0.6 is 0 Å². The van der Waals surface area contributed by atoms with E-state index in [0.717, 1.165) is 5.69 Å². The van der Waals surface area contributed by atoms with Gasteiger partial charge in [0.2, 0.25) is 15.9 Å². The number of nitrogens with zero attached hydrogens (tertiary/aromatic N) is 2. The summed E-state index contributed by atoms with van der Waals surface area (Å²) in [6.45, 7) is 2.63. The van der Waals surface area contributed by atoms with E-state index in [-0.39, 0.29) is 17.7 Å². The van der Waals surface area contributed by atoms with Gasteiger partial charge < -0.3 is 5.32 Å². The van der Waals surface area contributed by atoms with Crippen molar-refractivity contribution in [3.8, 4) is 0 Å². The molecule has 0 saturated carbocycles. The SMILES string of the molecule is CCS(=O)(=O)N1CCC(NC(=O)CCc2ccccn2)CC1. The van der Waals surface area contributed by atoms with Gasteiger partial charge in [0, 0.05) is 37.4 Å². The van der Waals surface area contributed by atoms with E-state index < -0.39 is 10.0 Å². The summed E-state index contributed by atoms with van der Waals surface area (Å²) in [5.74, 6) is 0.135. The highest BCUT2D eigenvalue weighted by atomic mass is 32.2. The van der Waals surface area contributed by atoms with Crippen LogP contribution in [-0.2, 0) is 21.2 Å². The summed E-state index contributed by atoms with van der Waals surface area (Å²) < 4.78 is 25.1. The van der Waals surface area contributed by atoms with Crippen LogP contribution in [0.3, 0.4) is 0 Å². The molecule has 1 aromatic rings. The maximum atomic E-state index is 11.9. The van der Waals surface area contributed by atoms with E-state index in [9.17, 15) is 13.2 Å². The number of amides is 1. The second-order valence-corrected chi connectivity index (χ2v) is 7.72. The summed E-state index contributed by atoms with van der Waals surface area (Å²) >= 11 is 0. The topological polar surface area (TPSA) is 79.4 Å². The number of hydrogen-bond donors (Lipinski definition) is 1. The molecular formula is C15H23N3O3S. The monoisotopic (exact) mass is 325 g/mol. The summed E-state index contributed by atoms with van der Waals surface area (Å²) in [4.78, 5) is 16.1. The van der Waals surface area contributed by atoms with Gasteiger partial charge in [0.25, 0.3) is 0 Å². The molecule has 1 amide bonds. The first-order valence-electron chi connectivity index (χ1n) is 7.68. The van der Waals surface area contributed by atoms with E-state index in [1.807, 2.05) is 18.2 Å². The fourth-order valence-corrected chi connectivity index (χ4v) is 3.68. The Morgan fingerprint density at radius 3 is 2.68 bits per heavy atom. The minimum Gasteiger partial charge on any atom is -0.353 e. The molecule has 122 valence electrons. The second kappa shape index (κ2) is 7.69. The Morgan fingerprint density at radius 2 is 2.09 bits per heavy atom. The highest BCUT2D eigenvalue weighted by molar-refractivity contribution is 7.89. The van der Waals surface area contributed by atoms with Crippen LogP contribution in [0.1, 0.15) is 31.9 Å². The molecule has 0 radical (unpaired) electrons. The lowest BCUT2D eigenvalue weighted by molar-refractivity contribution is -0.122. The Morgan fingerprint density at radius 1 is 1.36 bits per heavy atom. The normalized spacial score (nSPS) is 17.3. The Labute approximate surface area is 132 Å². The van der Waals surface area contributed by atoms with Gasteiger partial charge in [-0.25, -0.2) is 12.7 Å². The van der Waals surface area contributed by atoms with E-state index >= 15 is 0 Å². The standard InChI is InChI=1S/C15H23N3O3S/c1-2-22(20,21)18-11-8-14(9-12-18)17-15(19)7-6-13-5-3-4-10-16-13/h3-5,10,14H,2,6-9,11-12H2,1H3,(H,17,19). The molecule has 2 heterocycles. The number of sulfonamides is 1. The molecule has 1 N–H and O–H groups in total. The van der Waals surface area contributed by atoms with Crippen LogP contribution in [0.2, 0.25) is 0 Å².